The number of aromatic nitrogens is 1. The molecule has 0 bridgehead atoms. The van der Waals surface area contributed by atoms with Crippen LogP contribution in [0.2, 0.25) is 0 Å². The zero-order chi connectivity index (χ0) is 4.24. The van der Waals surface area contributed by atoms with Gasteiger partial charge in [-0.05, 0) is 12.1 Å². The molecule has 1 rings (SSSR count). The Kier molecular flexibility index (Phi) is 3.33. The first-order chi connectivity index (χ1) is 3.00. The molecule has 0 fully saturated rings. The van der Waals surface area contributed by atoms with Crippen LogP contribution in [0, 0.1) is 12.4 Å². The molecule has 1 aromatic rings. The summed E-state index contributed by atoms with van der Waals surface area (Å²) in [5, 5.41) is 0. The summed E-state index contributed by atoms with van der Waals surface area (Å²) in [7, 11) is 0. The highest BCUT2D eigenvalue weighted by atomic mass is 35.5. The quantitative estimate of drug-likeness (QED) is 0.482. The van der Waals surface area contributed by atoms with Crippen molar-refractivity contribution < 1.29 is 12.4 Å². The fraction of sp³-hybridized carbons (Fsp3) is 0. The van der Waals surface area contributed by atoms with Gasteiger partial charge in [-0.1, -0.05) is 6.07 Å². The summed E-state index contributed by atoms with van der Waals surface area (Å²) in [5.74, 6) is 0. The highest BCUT2D eigenvalue weighted by Gasteiger charge is 1.58. The van der Waals surface area contributed by atoms with E-state index in [2.05, 4.69) is 4.98 Å². The molecule has 0 radical (unpaired) electrons. The molecular weight excluding hydrogens is 110 g/mol. The molecule has 0 N–H and O–H groups in total. The van der Waals surface area contributed by atoms with E-state index in [0.717, 1.165) is 0 Å². The number of nitrogens with zero attached hydrogens (tertiary/aromatic N) is 1. The van der Waals surface area contributed by atoms with Gasteiger partial charge in [-0.25, -0.2) is 0 Å². The van der Waals surface area contributed by atoms with Crippen molar-refractivity contribution in [1.29, 1.82) is 0 Å². The largest absolute Gasteiger partial charge is 0.265 e. The summed E-state index contributed by atoms with van der Waals surface area (Å²) >= 11 is 0. The summed E-state index contributed by atoms with van der Waals surface area (Å²) in [6, 6.07) is 5.72. The van der Waals surface area contributed by atoms with Crippen LogP contribution in [0.1, 0.15) is 0 Å². The van der Waals surface area contributed by atoms with Crippen LogP contribution in [0.15, 0.2) is 30.6 Å². The van der Waals surface area contributed by atoms with Crippen molar-refractivity contribution in [3.05, 3.63) is 30.6 Å². The van der Waals surface area contributed by atoms with E-state index >= 15 is 0 Å². The van der Waals surface area contributed by atoms with E-state index in [4.69, 9.17) is 0 Å². The topological polar surface area (TPSA) is 12.9 Å². The Morgan fingerprint density at radius 1 is 0.857 bits per heavy atom. The van der Waals surface area contributed by atoms with Gasteiger partial charge in [0.15, 0.2) is 0 Å². The highest BCUT2D eigenvalue weighted by Crippen LogP contribution is 1.73. The van der Waals surface area contributed by atoms with Crippen LogP contribution >= 0.6 is 0 Å². The fourth-order valence-electron chi connectivity index (χ4n) is 0.313. The van der Waals surface area contributed by atoms with Crippen molar-refractivity contribution in [1.82, 2.24) is 4.98 Å². The summed E-state index contributed by atoms with van der Waals surface area (Å²) < 4.78 is 0. The molecule has 0 spiro atoms. The minimum absolute atomic E-state index is 0. The second-order valence-electron chi connectivity index (χ2n) is 1.02. The Morgan fingerprint density at radius 3 is 1.57 bits per heavy atom. The van der Waals surface area contributed by atoms with Crippen LogP contribution in [0.25, 0.3) is 0 Å². The van der Waals surface area contributed by atoms with Gasteiger partial charge in [0.1, 0.15) is 0 Å². The van der Waals surface area contributed by atoms with E-state index in [-0.39, 0.29) is 12.4 Å². The van der Waals surface area contributed by atoms with E-state index in [0.29, 0.717) is 0 Å². The number of halogens is 1. The van der Waals surface area contributed by atoms with Crippen LogP contribution in [-0.4, -0.2) is 4.98 Å². The van der Waals surface area contributed by atoms with Crippen molar-refractivity contribution in [3.8, 4) is 0 Å². The lowest BCUT2D eigenvalue weighted by Gasteiger charge is -1.70. The van der Waals surface area contributed by atoms with Gasteiger partial charge in [-0.2, -0.15) is 0 Å². The van der Waals surface area contributed by atoms with E-state index in [1.807, 2.05) is 18.2 Å². The minimum atomic E-state index is 0. The first kappa shape index (κ1) is 6.44. The SMILES string of the molecule is [ClH2+].c1ccncc1. The molecule has 2 heteroatoms. The molecule has 1 heterocycles. The van der Waals surface area contributed by atoms with Crippen molar-refractivity contribution >= 4 is 0 Å². The molecule has 0 aromatic carbocycles. The molecule has 0 saturated heterocycles. The molecule has 0 aliphatic heterocycles. The van der Waals surface area contributed by atoms with Gasteiger partial charge in [-0.3, -0.25) is 4.98 Å². The van der Waals surface area contributed by atoms with Gasteiger partial charge in [0, 0.05) is 12.4 Å². The summed E-state index contributed by atoms with van der Waals surface area (Å²) in [6.07, 6.45) is 3.50. The molecule has 0 saturated carbocycles. The van der Waals surface area contributed by atoms with Gasteiger partial charge in [0.05, 0.1) is 12.4 Å². The lowest BCUT2D eigenvalue weighted by Crippen LogP contribution is -1.58. The van der Waals surface area contributed by atoms with Gasteiger partial charge in [0.2, 0.25) is 0 Å². The Balaban J connectivity index is 0.000000360. The second-order valence-corrected chi connectivity index (χ2v) is 1.02. The summed E-state index contributed by atoms with van der Waals surface area (Å²) in [5.41, 5.74) is 0. The van der Waals surface area contributed by atoms with E-state index in [9.17, 15) is 0 Å². The van der Waals surface area contributed by atoms with Crippen LogP contribution in [0.5, 0.6) is 0 Å². The van der Waals surface area contributed by atoms with Crippen molar-refractivity contribution in [3.63, 3.8) is 0 Å². The Labute approximate surface area is 48.8 Å². The van der Waals surface area contributed by atoms with Crippen LogP contribution < -0.4 is 0 Å². The number of pyridine rings is 1. The molecule has 1 nitrogen and oxygen atoms in total. The minimum Gasteiger partial charge on any atom is -0.265 e. The lowest BCUT2D eigenvalue weighted by atomic mass is 10.5. The Bertz CT molecular complexity index is 80.0. The Morgan fingerprint density at radius 2 is 1.43 bits per heavy atom. The van der Waals surface area contributed by atoms with Gasteiger partial charge < -0.3 is 0 Å². The average molecular weight is 117 g/mol. The van der Waals surface area contributed by atoms with E-state index in [1.54, 1.807) is 12.4 Å². The molecule has 0 atom stereocenters. The smallest absolute Gasteiger partial charge is 0.0903 e. The summed E-state index contributed by atoms with van der Waals surface area (Å²) in [6.45, 7) is 0. The third kappa shape index (κ3) is 2.18. The maximum absolute atomic E-state index is 3.78. The predicted molar refractivity (Wildman–Crippen MR) is 27.0 cm³/mol. The van der Waals surface area contributed by atoms with Crippen LogP contribution in [0.4, 0.5) is 0 Å². The molecule has 0 aliphatic carbocycles. The third-order valence-corrected chi connectivity index (χ3v) is 0.566. The van der Waals surface area contributed by atoms with Crippen molar-refractivity contribution in [2.75, 3.05) is 0 Å². The molecule has 0 unspecified atom stereocenters. The monoisotopic (exact) mass is 116 g/mol. The van der Waals surface area contributed by atoms with Crippen molar-refractivity contribution in [2.24, 2.45) is 0 Å². The Hall–Kier alpha value is -0.560. The van der Waals surface area contributed by atoms with E-state index < -0.39 is 0 Å². The van der Waals surface area contributed by atoms with Gasteiger partial charge in [0.25, 0.3) is 0 Å². The first-order valence-electron chi connectivity index (χ1n) is 1.85. The van der Waals surface area contributed by atoms with Crippen molar-refractivity contribution in [2.45, 2.75) is 0 Å². The number of rotatable bonds is 0. The number of hydrogen-bond acceptors (Lipinski definition) is 1. The maximum atomic E-state index is 3.78. The van der Waals surface area contributed by atoms with Gasteiger partial charge >= 0.3 is 0 Å². The third-order valence-electron chi connectivity index (χ3n) is 0.566. The molecule has 1 aromatic heterocycles. The van der Waals surface area contributed by atoms with Gasteiger partial charge in [-0.15, -0.1) is 0 Å². The number of hydrogen-bond donors (Lipinski definition) is 0. The van der Waals surface area contributed by atoms with Crippen LogP contribution in [0.3, 0.4) is 0 Å². The summed E-state index contributed by atoms with van der Waals surface area (Å²) in [4.78, 5) is 3.78. The van der Waals surface area contributed by atoms with E-state index in [1.165, 1.54) is 0 Å². The first-order valence-corrected chi connectivity index (χ1v) is 1.85. The zero-order valence-corrected chi connectivity index (χ0v) is 4.68. The molecule has 38 valence electrons. The molecule has 7 heavy (non-hydrogen) atoms. The molecule has 0 amide bonds. The highest BCUT2D eigenvalue weighted by molar-refractivity contribution is 4.88. The maximum Gasteiger partial charge on any atom is 0.0903 e. The standard InChI is InChI=1S/C5H5N.ClH2/c1-2-4-6-5-3-1;/h1-5H;1H2/q;+1. The second kappa shape index (κ2) is 3.62. The lowest BCUT2D eigenvalue weighted by molar-refractivity contribution is -0.00000128. The average Bonchev–Trinajstić information content (AvgIpc) is 1.72. The molecule has 0 aliphatic rings. The fourth-order valence-corrected chi connectivity index (χ4v) is 0.313. The van der Waals surface area contributed by atoms with Crippen LogP contribution in [-0.2, 0) is 0 Å². The predicted octanol–water partition coefficient (Wildman–Crippen LogP) is 0.546. The normalized spacial score (nSPS) is 6.86. The zero-order valence-electron chi connectivity index (χ0n) is 3.78. The molecular formula is C5H7ClN+.